The normalized spacial score (nSPS) is 17.6. The van der Waals surface area contributed by atoms with Crippen molar-refractivity contribution < 1.29 is 4.79 Å². The Labute approximate surface area is 152 Å². The highest BCUT2D eigenvalue weighted by atomic mass is 16.2. The molecule has 1 amide bonds. The van der Waals surface area contributed by atoms with Gasteiger partial charge in [-0.15, -0.1) is 0 Å². The molecule has 6 nitrogen and oxygen atoms in total. The summed E-state index contributed by atoms with van der Waals surface area (Å²) in [4.78, 5) is 28.1. The lowest BCUT2D eigenvalue weighted by molar-refractivity contribution is 0.0608. The highest BCUT2D eigenvalue weighted by Gasteiger charge is 2.26. The molecule has 1 aliphatic rings. The van der Waals surface area contributed by atoms with Crippen LogP contribution in [0.4, 0.5) is 0 Å². The van der Waals surface area contributed by atoms with Gasteiger partial charge in [0.05, 0.1) is 18.4 Å². The average molecular weight is 349 g/mol. The first kappa shape index (κ1) is 16.7. The van der Waals surface area contributed by atoms with Crippen LogP contribution in [0, 0.1) is 0 Å². The zero-order valence-electron chi connectivity index (χ0n) is 15.0. The van der Waals surface area contributed by atoms with Gasteiger partial charge >= 0.3 is 0 Å². The number of carbonyl (C=O) groups is 1. The molecule has 1 aliphatic heterocycles. The smallest absolute Gasteiger partial charge is 0.255 e. The molecular formula is C20H23N5O. The molecule has 0 radical (unpaired) electrons. The van der Waals surface area contributed by atoms with Crippen LogP contribution < -0.4 is 0 Å². The Kier molecular flexibility index (Phi) is 4.65. The molecule has 1 fully saturated rings. The second kappa shape index (κ2) is 7.23. The molecule has 0 aliphatic carbocycles. The first-order valence-electron chi connectivity index (χ1n) is 9.27. The molecule has 0 N–H and O–H groups in total. The maximum absolute atomic E-state index is 13.0. The number of rotatable bonds is 4. The Hall–Kier alpha value is -2.76. The number of hydrogen-bond acceptors (Lipinski definition) is 4. The molecule has 1 unspecified atom stereocenters. The van der Waals surface area contributed by atoms with Crippen molar-refractivity contribution in [3.63, 3.8) is 0 Å². The van der Waals surface area contributed by atoms with Gasteiger partial charge in [-0.25, -0.2) is 9.97 Å². The maximum atomic E-state index is 13.0. The molecule has 4 rings (SSSR count). The van der Waals surface area contributed by atoms with Crippen LogP contribution in [0.2, 0.25) is 0 Å². The number of carbonyl (C=O) groups excluding carboxylic acids is 1. The molecule has 1 atom stereocenters. The standard InChI is InChI=1S/C20H23N5O/c1-2-17-7-3-4-9-25(17)20(26)16-10-18-19(22-12-16)24(14-23-18)13-15-6-5-8-21-11-15/h5-6,8,10-12,14,17H,2-4,7,9,13H2,1H3. The summed E-state index contributed by atoms with van der Waals surface area (Å²) in [7, 11) is 0. The van der Waals surface area contributed by atoms with E-state index in [9.17, 15) is 4.79 Å². The maximum Gasteiger partial charge on any atom is 0.255 e. The molecule has 4 heterocycles. The van der Waals surface area contributed by atoms with Crippen LogP contribution in [-0.2, 0) is 6.54 Å². The van der Waals surface area contributed by atoms with Gasteiger partial charge in [-0.2, -0.15) is 0 Å². The van der Waals surface area contributed by atoms with E-state index in [0.717, 1.165) is 42.5 Å². The van der Waals surface area contributed by atoms with E-state index in [2.05, 4.69) is 21.9 Å². The highest BCUT2D eigenvalue weighted by Crippen LogP contribution is 2.22. The Morgan fingerprint density at radius 3 is 3.00 bits per heavy atom. The lowest BCUT2D eigenvalue weighted by Crippen LogP contribution is -2.43. The molecule has 1 saturated heterocycles. The van der Waals surface area contributed by atoms with E-state index >= 15 is 0 Å². The fourth-order valence-electron chi connectivity index (χ4n) is 3.73. The number of amides is 1. The predicted octanol–water partition coefficient (Wildman–Crippen LogP) is 3.28. The van der Waals surface area contributed by atoms with Crippen LogP contribution in [0.5, 0.6) is 0 Å². The Bertz CT molecular complexity index is 905. The molecular weight excluding hydrogens is 326 g/mol. The molecule has 26 heavy (non-hydrogen) atoms. The van der Waals surface area contributed by atoms with Crippen LogP contribution in [0.3, 0.4) is 0 Å². The lowest BCUT2D eigenvalue weighted by Gasteiger charge is -2.35. The van der Waals surface area contributed by atoms with Crippen LogP contribution in [0.15, 0.2) is 43.1 Å². The summed E-state index contributed by atoms with van der Waals surface area (Å²) in [6.45, 7) is 3.65. The van der Waals surface area contributed by atoms with E-state index in [1.54, 1.807) is 18.7 Å². The zero-order valence-corrected chi connectivity index (χ0v) is 15.0. The van der Waals surface area contributed by atoms with Crippen molar-refractivity contribution in [2.24, 2.45) is 0 Å². The van der Waals surface area contributed by atoms with Gasteiger partial charge in [-0.1, -0.05) is 13.0 Å². The van der Waals surface area contributed by atoms with Crippen LogP contribution in [0.25, 0.3) is 11.2 Å². The molecule has 0 spiro atoms. The molecule has 6 heteroatoms. The fourth-order valence-corrected chi connectivity index (χ4v) is 3.73. The quantitative estimate of drug-likeness (QED) is 0.725. The highest BCUT2D eigenvalue weighted by molar-refractivity contribution is 5.96. The SMILES string of the molecule is CCC1CCCCN1C(=O)c1cnc2c(c1)ncn2Cc1cccnc1. The van der Waals surface area contributed by atoms with Crippen molar-refractivity contribution in [1.29, 1.82) is 0 Å². The van der Waals surface area contributed by atoms with Crippen LogP contribution in [-0.4, -0.2) is 42.9 Å². The molecule has 0 aromatic carbocycles. The minimum Gasteiger partial charge on any atom is -0.336 e. The van der Waals surface area contributed by atoms with E-state index in [1.165, 1.54) is 6.42 Å². The van der Waals surface area contributed by atoms with Gasteiger partial charge in [-0.05, 0) is 43.4 Å². The van der Waals surface area contributed by atoms with Crippen LogP contribution in [0.1, 0.15) is 48.5 Å². The first-order chi connectivity index (χ1) is 12.8. The number of likely N-dealkylation sites (tertiary alicyclic amines) is 1. The van der Waals surface area contributed by atoms with Crippen molar-refractivity contribution >= 4 is 17.1 Å². The van der Waals surface area contributed by atoms with Gasteiger partial charge in [0.25, 0.3) is 5.91 Å². The fraction of sp³-hybridized carbons (Fsp3) is 0.400. The van der Waals surface area contributed by atoms with Gasteiger partial charge < -0.3 is 9.47 Å². The Balaban J connectivity index is 1.59. The largest absolute Gasteiger partial charge is 0.336 e. The number of imidazole rings is 1. The second-order valence-corrected chi connectivity index (χ2v) is 6.86. The van der Waals surface area contributed by atoms with E-state index in [0.29, 0.717) is 18.2 Å². The molecule has 0 bridgehead atoms. The van der Waals surface area contributed by atoms with Crippen LogP contribution >= 0.6 is 0 Å². The number of aromatic nitrogens is 4. The third kappa shape index (κ3) is 3.19. The summed E-state index contributed by atoms with van der Waals surface area (Å²) >= 11 is 0. The van der Waals surface area contributed by atoms with E-state index < -0.39 is 0 Å². The van der Waals surface area contributed by atoms with Crippen molar-refractivity contribution in [3.05, 3.63) is 54.2 Å². The molecule has 3 aromatic heterocycles. The number of pyridine rings is 2. The number of piperidine rings is 1. The van der Waals surface area contributed by atoms with Crippen molar-refractivity contribution in [2.75, 3.05) is 6.54 Å². The zero-order chi connectivity index (χ0) is 17.9. The third-order valence-corrected chi connectivity index (χ3v) is 5.14. The summed E-state index contributed by atoms with van der Waals surface area (Å²) in [6.07, 6.45) is 11.4. The Morgan fingerprint density at radius 2 is 2.19 bits per heavy atom. The first-order valence-corrected chi connectivity index (χ1v) is 9.27. The number of nitrogens with zero attached hydrogens (tertiary/aromatic N) is 5. The Morgan fingerprint density at radius 1 is 1.27 bits per heavy atom. The molecule has 3 aromatic rings. The number of hydrogen-bond donors (Lipinski definition) is 0. The van der Waals surface area contributed by atoms with Crippen molar-refractivity contribution in [2.45, 2.75) is 45.2 Å². The van der Waals surface area contributed by atoms with Gasteiger partial charge in [0.1, 0.15) is 5.52 Å². The number of fused-ring (bicyclic) bond motifs is 1. The summed E-state index contributed by atoms with van der Waals surface area (Å²) < 4.78 is 1.98. The van der Waals surface area contributed by atoms with Crippen molar-refractivity contribution in [1.82, 2.24) is 24.4 Å². The summed E-state index contributed by atoms with van der Waals surface area (Å²) in [5.74, 6) is 0.0766. The second-order valence-electron chi connectivity index (χ2n) is 6.86. The minimum atomic E-state index is 0.0766. The monoisotopic (exact) mass is 349 g/mol. The predicted molar refractivity (Wildman–Crippen MR) is 99.8 cm³/mol. The van der Waals surface area contributed by atoms with E-state index in [-0.39, 0.29) is 5.91 Å². The molecule has 0 saturated carbocycles. The average Bonchev–Trinajstić information content (AvgIpc) is 3.10. The van der Waals surface area contributed by atoms with Gasteiger partial charge in [0.2, 0.25) is 0 Å². The van der Waals surface area contributed by atoms with E-state index in [4.69, 9.17) is 0 Å². The van der Waals surface area contributed by atoms with Gasteiger partial charge in [0.15, 0.2) is 5.65 Å². The third-order valence-electron chi connectivity index (χ3n) is 5.14. The van der Waals surface area contributed by atoms with E-state index in [1.807, 2.05) is 33.9 Å². The minimum absolute atomic E-state index is 0.0766. The summed E-state index contributed by atoms with van der Waals surface area (Å²) in [5.41, 5.74) is 3.26. The van der Waals surface area contributed by atoms with Crippen molar-refractivity contribution in [3.8, 4) is 0 Å². The van der Waals surface area contributed by atoms with Gasteiger partial charge in [-0.3, -0.25) is 9.78 Å². The summed E-state index contributed by atoms with van der Waals surface area (Å²) in [5, 5.41) is 0. The van der Waals surface area contributed by atoms with Gasteiger partial charge in [0, 0.05) is 31.2 Å². The topological polar surface area (TPSA) is 63.9 Å². The molecule has 134 valence electrons. The lowest BCUT2D eigenvalue weighted by atomic mass is 9.99. The summed E-state index contributed by atoms with van der Waals surface area (Å²) in [6, 6.07) is 6.15.